The predicted molar refractivity (Wildman–Crippen MR) is 135 cm³/mol. The molecule has 1 aromatic carbocycles. The number of hydrogen-bond donors (Lipinski definition) is 1. The number of halogens is 3. The number of likely N-dealkylation sites (tertiary alicyclic amines) is 1. The Morgan fingerprint density at radius 3 is 2.39 bits per heavy atom. The minimum atomic E-state index is -4.45. The fourth-order valence-corrected chi connectivity index (χ4v) is 5.29. The van der Waals surface area contributed by atoms with Crippen LogP contribution in [-0.2, 0) is 17.5 Å². The Hall–Kier alpha value is -3.67. The first-order valence-corrected chi connectivity index (χ1v) is 12.6. The molecule has 2 N–H and O–H groups in total. The van der Waals surface area contributed by atoms with Crippen molar-refractivity contribution in [2.45, 2.75) is 44.1 Å². The van der Waals surface area contributed by atoms with Crippen molar-refractivity contribution < 1.29 is 22.8 Å². The minimum absolute atomic E-state index is 0.0332. The summed E-state index contributed by atoms with van der Waals surface area (Å²) in [6.07, 6.45) is 1.66. The molecule has 5 rings (SSSR count). The summed E-state index contributed by atoms with van der Waals surface area (Å²) < 4.78 is 40.2. The van der Waals surface area contributed by atoms with Gasteiger partial charge in [-0.05, 0) is 49.9 Å². The third-order valence-electron chi connectivity index (χ3n) is 7.66. The molecule has 2 fully saturated rings. The number of carbonyl (C=O) groups excluding carboxylic acids is 2. The smallest absolute Gasteiger partial charge is 0.366 e. The molecule has 2 aliphatic heterocycles. The van der Waals surface area contributed by atoms with E-state index in [-0.39, 0.29) is 18.5 Å². The van der Waals surface area contributed by atoms with E-state index in [2.05, 4.69) is 21.9 Å². The molecule has 38 heavy (non-hydrogen) atoms. The van der Waals surface area contributed by atoms with Crippen LogP contribution in [0.1, 0.15) is 35.2 Å². The molecular formula is C26H30F3N7O2. The summed E-state index contributed by atoms with van der Waals surface area (Å²) in [6.45, 7) is 2.97. The van der Waals surface area contributed by atoms with Gasteiger partial charge in [-0.3, -0.25) is 9.59 Å². The molecule has 2 aliphatic rings. The van der Waals surface area contributed by atoms with Crippen LogP contribution in [0.15, 0.2) is 42.9 Å². The van der Waals surface area contributed by atoms with E-state index in [9.17, 15) is 22.8 Å². The van der Waals surface area contributed by atoms with Crippen molar-refractivity contribution in [1.82, 2.24) is 24.3 Å². The number of carbonyl (C=O) groups is 2. The standard InChI is InChI=1S/C26H30F3N7O2/c1-33(20-5-9-34(10-6-20)25-31-13-19(14-32-25)26(27,28)29)15-21-7-11-36(21)23(37)16-35-8-4-17-2-3-18(24(30)38)12-22(17)35/h2-4,8,12-14,20-21H,5-7,9-11,15-16H2,1H3,(H2,30,38). The van der Waals surface area contributed by atoms with Gasteiger partial charge < -0.3 is 25.0 Å². The van der Waals surface area contributed by atoms with Crippen LogP contribution in [0.2, 0.25) is 0 Å². The van der Waals surface area contributed by atoms with Gasteiger partial charge in [-0.2, -0.15) is 13.2 Å². The van der Waals surface area contributed by atoms with E-state index >= 15 is 0 Å². The molecule has 2 saturated heterocycles. The highest BCUT2D eigenvalue weighted by molar-refractivity contribution is 5.97. The number of likely N-dealkylation sites (N-methyl/N-ethyl adjacent to an activating group) is 1. The van der Waals surface area contributed by atoms with Gasteiger partial charge in [-0.25, -0.2) is 9.97 Å². The highest BCUT2D eigenvalue weighted by Gasteiger charge is 2.35. The molecule has 0 spiro atoms. The first kappa shape index (κ1) is 26.0. The lowest BCUT2D eigenvalue weighted by molar-refractivity contribution is -0.140. The molecule has 202 valence electrons. The lowest BCUT2D eigenvalue weighted by Gasteiger charge is -2.45. The Balaban J connectivity index is 1.13. The Bertz CT molecular complexity index is 1320. The van der Waals surface area contributed by atoms with Gasteiger partial charge in [0, 0.05) is 67.9 Å². The lowest BCUT2D eigenvalue weighted by Crippen LogP contribution is -2.58. The molecule has 9 nitrogen and oxygen atoms in total. The van der Waals surface area contributed by atoms with Crippen molar-refractivity contribution in [3.8, 4) is 0 Å². The first-order valence-electron chi connectivity index (χ1n) is 12.6. The zero-order chi connectivity index (χ0) is 27.0. The quantitative estimate of drug-likeness (QED) is 0.505. The second kappa shape index (κ2) is 10.2. The number of nitrogens with two attached hydrogens (primary N) is 1. The van der Waals surface area contributed by atoms with E-state index in [0.29, 0.717) is 37.2 Å². The van der Waals surface area contributed by atoms with E-state index < -0.39 is 17.6 Å². The fraction of sp³-hybridized carbons (Fsp3) is 0.462. The van der Waals surface area contributed by atoms with Crippen molar-refractivity contribution in [3.05, 3.63) is 54.0 Å². The minimum Gasteiger partial charge on any atom is -0.366 e. The van der Waals surface area contributed by atoms with Gasteiger partial charge in [-0.1, -0.05) is 6.07 Å². The number of aromatic nitrogens is 3. The van der Waals surface area contributed by atoms with Crippen LogP contribution in [0, 0.1) is 0 Å². The number of fused-ring (bicyclic) bond motifs is 1. The number of nitrogens with zero attached hydrogens (tertiary/aromatic N) is 6. The summed E-state index contributed by atoms with van der Waals surface area (Å²) in [5.41, 5.74) is 5.77. The number of piperidine rings is 1. The van der Waals surface area contributed by atoms with Crippen LogP contribution in [0.25, 0.3) is 10.9 Å². The molecule has 2 aromatic heterocycles. The van der Waals surface area contributed by atoms with Crippen LogP contribution in [-0.4, -0.2) is 81.5 Å². The second-order valence-corrected chi connectivity index (χ2v) is 10.0. The Labute approximate surface area is 218 Å². The molecular weight excluding hydrogens is 499 g/mol. The van der Waals surface area contributed by atoms with E-state index in [1.807, 2.05) is 32.7 Å². The second-order valence-electron chi connectivity index (χ2n) is 10.0. The van der Waals surface area contributed by atoms with Crippen molar-refractivity contribution in [2.24, 2.45) is 5.73 Å². The number of anilines is 1. The molecule has 2 amide bonds. The maximum absolute atomic E-state index is 13.1. The molecule has 0 radical (unpaired) electrons. The SMILES string of the molecule is CN(CC1CCN1C(=O)Cn1ccc2ccc(C(N)=O)cc21)C1CCN(c2ncc(C(F)(F)F)cn2)CC1. The van der Waals surface area contributed by atoms with Gasteiger partial charge >= 0.3 is 6.18 Å². The highest BCUT2D eigenvalue weighted by Crippen LogP contribution is 2.29. The summed E-state index contributed by atoms with van der Waals surface area (Å²) in [7, 11) is 2.06. The molecule has 4 heterocycles. The van der Waals surface area contributed by atoms with E-state index in [1.54, 1.807) is 12.1 Å². The van der Waals surface area contributed by atoms with Crippen LogP contribution >= 0.6 is 0 Å². The Morgan fingerprint density at radius 2 is 1.79 bits per heavy atom. The average Bonchev–Trinajstić information content (AvgIpc) is 3.27. The fourth-order valence-electron chi connectivity index (χ4n) is 5.29. The van der Waals surface area contributed by atoms with Gasteiger partial charge in [0.25, 0.3) is 0 Å². The number of primary amides is 1. The lowest BCUT2D eigenvalue weighted by atomic mass is 9.99. The molecule has 0 bridgehead atoms. The zero-order valence-electron chi connectivity index (χ0n) is 21.1. The normalized spacial score (nSPS) is 18.7. The zero-order valence-corrected chi connectivity index (χ0v) is 21.1. The van der Waals surface area contributed by atoms with Gasteiger partial charge in [-0.15, -0.1) is 0 Å². The van der Waals surface area contributed by atoms with Crippen LogP contribution < -0.4 is 10.6 Å². The van der Waals surface area contributed by atoms with Crippen molar-refractivity contribution in [1.29, 1.82) is 0 Å². The molecule has 3 aromatic rings. The largest absolute Gasteiger partial charge is 0.419 e. The summed E-state index contributed by atoms with van der Waals surface area (Å²) in [4.78, 5) is 38.6. The van der Waals surface area contributed by atoms with Crippen LogP contribution in [0.4, 0.5) is 19.1 Å². The molecule has 12 heteroatoms. The predicted octanol–water partition coefficient (Wildman–Crippen LogP) is 2.75. The van der Waals surface area contributed by atoms with Gasteiger partial charge in [0.05, 0.1) is 5.56 Å². The monoisotopic (exact) mass is 529 g/mol. The van der Waals surface area contributed by atoms with Gasteiger partial charge in [0.2, 0.25) is 17.8 Å². The average molecular weight is 530 g/mol. The van der Waals surface area contributed by atoms with E-state index in [0.717, 1.165) is 49.1 Å². The number of rotatable bonds is 7. The Morgan fingerprint density at radius 1 is 1.08 bits per heavy atom. The summed E-state index contributed by atoms with van der Waals surface area (Å²) >= 11 is 0. The number of amides is 2. The third kappa shape index (κ3) is 5.31. The summed E-state index contributed by atoms with van der Waals surface area (Å²) in [5.74, 6) is -0.157. The molecule has 1 unspecified atom stereocenters. The van der Waals surface area contributed by atoms with Crippen molar-refractivity contribution in [3.63, 3.8) is 0 Å². The summed E-state index contributed by atoms with van der Waals surface area (Å²) in [6, 6.07) is 7.57. The maximum Gasteiger partial charge on any atom is 0.419 e. The molecule has 1 atom stereocenters. The third-order valence-corrected chi connectivity index (χ3v) is 7.66. The molecule has 0 aliphatic carbocycles. The van der Waals surface area contributed by atoms with Crippen LogP contribution in [0.3, 0.4) is 0 Å². The number of alkyl halides is 3. The first-order chi connectivity index (χ1) is 18.1. The maximum atomic E-state index is 13.1. The topological polar surface area (TPSA) is 101 Å². The van der Waals surface area contributed by atoms with E-state index in [1.165, 1.54) is 0 Å². The van der Waals surface area contributed by atoms with Crippen molar-refractivity contribution >= 4 is 28.7 Å². The van der Waals surface area contributed by atoms with Crippen molar-refractivity contribution in [2.75, 3.05) is 38.1 Å². The summed E-state index contributed by atoms with van der Waals surface area (Å²) in [5, 5.41) is 0.940. The van der Waals surface area contributed by atoms with Gasteiger partial charge in [0.1, 0.15) is 6.54 Å². The van der Waals surface area contributed by atoms with Crippen LogP contribution in [0.5, 0.6) is 0 Å². The number of benzene rings is 1. The highest BCUT2D eigenvalue weighted by atomic mass is 19.4. The molecule has 0 saturated carbocycles. The van der Waals surface area contributed by atoms with E-state index in [4.69, 9.17) is 5.73 Å². The van der Waals surface area contributed by atoms with Gasteiger partial charge in [0.15, 0.2) is 0 Å². The Kier molecular flexibility index (Phi) is 6.99. The number of hydrogen-bond acceptors (Lipinski definition) is 6.